The number of aryl methyl sites for hydroxylation is 2. The number of nitrogens with one attached hydrogen (secondary N) is 1. The van der Waals surface area contributed by atoms with E-state index in [1.165, 1.54) is 12.1 Å². The Bertz CT molecular complexity index is 797. The number of hydrogen-bond donors (Lipinski definition) is 1. The maximum atomic E-state index is 13.0. The number of carbonyl (C=O) groups is 1. The lowest BCUT2D eigenvalue weighted by molar-refractivity contribution is -0.119. The largest absolute Gasteiger partial charge is 0.355 e. The molecular formula is C18H22N2O3S. The van der Waals surface area contributed by atoms with Gasteiger partial charge in [-0.15, -0.1) is 0 Å². The van der Waals surface area contributed by atoms with E-state index in [0.29, 0.717) is 12.2 Å². The van der Waals surface area contributed by atoms with Crippen molar-refractivity contribution in [2.75, 3.05) is 17.4 Å². The van der Waals surface area contributed by atoms with Gasteiger partial charge in [-0.3, -0.25) is 9.10 Å². The first-order valence-electron chi connectivity index (χ1n) is 7.77. The van der Waals surface area contributed by atoms with Crippen LogP contribution in [0.4, 0.5) is 5.69 Å². The molecule has 0 saturated carbocycles. The predicted octanol–water partition coefficient (Wildman–Crippen LogP) is 2.63. The smallest absolute Gasteiger partial charge is 0.264 e. The van der Waals surface area contributed by atoms with Crippen molar-refractivity contribution in [3.63, 3.8) is 0 Å². The molecule has 0 unspecified atom stereocenters. The molecule has 2 rings (SSSR count). The van der Waals surface area contributed by atoms with Crippen molar-refractivity contribution in [2.24, 2.45) is 0 Å². The lowest BCUT2D eigenvalue weighted by atomic mass is 10.1. The van der Waals surface area contributed by atoms with Crippen LogP contribution in [0, 0.1) is 13.8 Å². The molecule has 1 amide bonds. The van der Waals surface area contributed by atoms with Crippen LogP contribution in [0.2, 0.25) is 0 Å². The van der Waals surface area contributed by atoms with E-state index in [9.17, 15) is 13.2 Å². The van der Waals surface area contributed by atoms with E-state index in [2.05, 4.69) is 5.32 Å². The summed E-state index contributed by atoms with van der Waals surface area (Å²) in [6.45, 7) is 5.79. The number of likely N-dealkylation sites (N-methyl/N-ethyl adjacent to an activating group) is 1. The number of benzene rings is 2. The zero-order valence-corrected chi connectivity index (χ0v) is 14.9. The number of carbonyl (C=O) groups excluding carboxylic acids is 1. The Morgan fingerprint density at radius 1 is 1.04 bits per heavy atom. The van der Waals surface area contributed by atoms with Crippen LogP contribution in [0.15, 0.2) is 53.4 Å². The zero-order chi connectivity index (χ0) is 17.7. The third-order valence-electron chi connectivity index (χ3n) is 3.49. The molecule has 24 heavy (non-hydrogen) atoms. The fraction of sp³-hybridized carbons (Fsp3) is 0.278. The third-order valence-corrected chi connectivity index (χ3v) is 5.27. The normalized spacial score (nSPS) is 11.1. The minimum atomic E-state index is -3.83. The molecule has 0 spiro atoms. The van der Waals surface area contributed by atoms with Gasteiger partial charge in [0.1, 0.15) is 6.54 Å². The molecule has 128 valence electrons. The Labute approximate surface area is 143 Å². The molecule has 6 heteroatoms. The second-order valence-electron chi connectivity index (χ2n) is 5.62. The summed E-state index contributed by atoms with van der Waals surface area (Å²) in [6, 6.07) is 13.6. The predicted molar refractivity (Wildman–Crippen MR) is 95.6 cm³/mol. The van der Waals surface area contributed by atoms with E-state index in [-0.39, 0.29) is 17.3 Å². The molecule has 0 fully saturated rings. The summed E-state index contributed by atoms with van der Waals surface area (Å²) in [5.74, 6) is -0.337. The average molecular weight is 346 g/mol. The van der Waals surface area contributed by atoms with Crippen molar-refractivity contribution < 1.29 is 13.2 Å². The summed E-state index contributed by atoms with van der Waals surface area (Å²) >= 11 is 0. The highest BCUT2D eigenvalue weighted by Gasteiger charge is 2.27. The van der Waals surface area contributed by atoms with Gasteiger partial charge in [0.2, 0.25) is 5.91 Å². The minimum absolute atomic E-state index is 0.161. The number of hydrogen-bond acceptors (Lipinski definition) is 3. The van der Waals surface area contributed by atoms with Crippen LogP contribution in [-0.4, -0.2) is 27.4 Å². The maximum absolute atomic E-state index is 13.0. The SMILES string of the molecule is CCNC(=O)CN(c1cc(C)cc(C)c1)S(=O)(=O)c1ccccc1. The molecular weight excluding hydrogens is 324 g/mol. The average Bonchev–Trinajstić information content (AvgIpc) is 2.52. The summed E-state index contributed by atoms with van der Waals surface area (Å²) in [7, 11) is -3.83. The Kier molecular flexibility index (Phi) is 5.62. The van der Waals surface area contributed by atoms with Gasteiger partial charge < -0.3 is 5.32 Å². The number of amides is 1. The molecule has 0 atom stereocenters. The van der Waals surface area contributed by atoms with E-state index in [1.54, 1.807) is 37.3 Å². The molecule has 5 nitrogen and oxygen atoms in total. The van der Waals surface area contributed by atoms with Crippen LogP contribution in [-0.2, 0) is 14.8 Å². The number of rotatable bonds is 6. The molecule has 2 aromatic carbocycles. The van der Waals surface area contributed by atoms with Crippen molar-refractivity contribution in [3.05, 3.63) is 59.7 Å². The Morgan fingerprint density at radius 3 is 2.17 bits per heavy atom. The molecule has 0 heterocycles. The Morgan fingerprint density at radius 2 is 1.62 bits per heavy atom. The highest BCUT2D eigenvalue weighted by molar-refractivity contribution is 7.92. The second-order valence-corrected chi connectivity index (χ2v) is 7.49. The van der Waals surface area contributed by atoms with Crippen LogP contribution in [0.5, 0.6) is 0 Å². The Balaban J connectivity index is 2.52. The van der Waals surface area contributed by atoms with Crippen molar-refractivity contribution in [2.45, 2.75) is 25.7 Å². The summed E-state index contributed by atoms with van der Waals surface area (Å²) in [4.78, 5) is 12.2. The van der Waals surface area contributed by atoms with Gasteiger partial charge in [-0.2, -0.15) is 0 Å². The van der Waals surface area contributed by atoms with Crippen LogP contribution >= 0.6 is 0 Å². The van der Waals surface area contributed by atoms with Gasteiger partial charge in [-0.05, 0) is 56.2 Å². The lowest BCUT2D eigenvalue weighted by Gasteiger charge is -2.24. The van der Waals surface area contributed by atoms with Crippen LogP contribution in [0.1, 0.15) is 18.1 Å². The molecule has 0 aliphatic carbocycles. The molecule has 0 radical (unpaired) electrons. The monoisotopic (exact) mass is 346 g/mol. The van der Waals surface area contributed by atoms with Crippen molar-refractivity contribution in [1.29, 1.82) is 0 Å². The maximum Gasteiger partial charge on any atom is 0.264 e. The topological polar surface area (TPSA) is 66.5 Å². The molecule has 0 aliphatic heterocycles. The lowest BCUT2D eigenvalue weighted by Crippen LogP contribution is -2.40. The van der Waals surface area contributed by atoms with E-state index in [1.807, 2.05) is 19.9 Å². The van der Waals surface area contributed by atoms with Gasteiger partial charge in [0.15, 0.2) is 0 Å². The highest BCUT2D eigenvalue weighted by Crippen LogP contribution is 2.25. The summed E-state index contributed by atoms with van der Waals surface area (Å²) < 4.78 is 27.2. The van der Waals surface area contributed by atoms with Crippen molar-refractivity contribution in [1.82, 2.24) is 5.32 Å². The van der Waals surface area contributed by atoms with E-state index >= 15 is 0 Å². The number of sulfonamides is 1. The summed E-state index contributed by atoms with van der Waals surface area (Å²) in [5.41, 5.74) is 2.37. The number of nitrogens with zero attached hydrogens (tertiary/aromatic N) is 1. The van der Waals surface area contributed by atoms with E-state index < -0.39 is 10.0 Å². The van der Waals surface area contributed by atoms with Crippen molar-refractivity contribution >= 4 is 21.6 Å². The minimum Gasteiger partial charge on any atom is -0.355 e. The molecule has 0 saturated heterocycles. The Hall–Kier alpha value is -2.34. The standard InChI is InChI=1S/C18H22N2O3S/c1-4-19-18(21)13-20(16-11-14(2)10-15(3)12-16)24(22,23)17-8-6-5-7-9-17/h5-12H,4,13H2,1-3H3,(H,19,21). The summed E-state index contributed by atoms with van der Waals surface area (Å²) in [5, 5.41) is 2.65. The van der Waals surface area contributed by atoms with Crippen LogP contribution < -0.4 is 9.62 Å². The quantitative estimate of drug-likeness (QED) is 0.874. The van der Waals surface area contributed by atoms with Gasteiger partial charge in [0, 0.05) is 6.54 Å². The van der Waals surface area contributed by atoms with E-state index in [4.69, 9.17) is 0 Å². The zero-order valence-electron chi connectivity index (χ0n) is 14.1. The van der Waals surface area contributed by atoms with Crippen LogP contribution in [0.25, 0.3) is 0 Å². The van der Waals surface area contributed by atoms with Gasteiger partial charge in [-0.25, -0.2) is 8.42 Å². The van der Waals surface area contributed by atoms with Gasteiger partial charge in [-0.1, -0.05) is 24.3 Å². The van der Waals surface area contributed by atoms with E-state index in [0.717, 1.165) is 15.4 Å². The number of anilines is 1. The first-order chi connectivity index (χ1) is 11.3. The third kappa shape index (κ3) is 4.14. The molecule has 0 aliphatic rings. The first kappa shape index (κ1) is 18.0. The molecule has 0 aromatic heterocycles. The fourth-order valence-corrected chi connectivity index (χ4v) is 3.94. The summed E-state index contributed by atoms with van der Waals surface area (Å²) in [6.07, 6.45) is 0. The highest BCUT2D eigenvalue weighted by atomic mass is 32.2. The molecule has 1 N–H and O–H groups in total. The molecule has 2 aromatic rings. The second kappa shape index (κ2) is 7.49. The first-order valence-corrected chi connectivity index (χ1v) is 9.21. The van der Waals surface area contributed by atoms with Gasteiger partial charge in [0.25, 0.3) is 10.0 Å². The van der Waals surface area contributed by atoms with Gasteiger partial charge in [0.05, 0.1) is 10.6 Å². The molecule has 0 bridgehead atoms. The van der Waals surface area contributed by atoms with Crippen molar-refractivity contribution in [3.8, 4) is 0 Å². The fourth-order valence-electron chi connectivity index (χ4n) is 2.51. The van der Waals surface area contributed by atoms with Gasteiger partial charge >= 0.3 is 0 Å². The van der Waals surface area contributed by atoms with Crippen LogP contribution in [0.3, 0.4) is 0 Å².